The van der Waals surface area contributed by atoms with Crippen LogP contribution in [0.4, 0.5) is 5.69 Å². The molecule has 0 aromatic heterocycles. The summed E-state index contributed by atoms with van der Waals surface area (Å²) < 4.78 is 10.1. The van der Waals surface area contributed by atoms with Crippen LogP contribution in [0.3, 0.4) is 0 Å². The fraction of sp³-hybridized carbons (Fsp3) is 0.467. The van der Waals surface area contributed by atoms with Crippen molar-refractivity contribution in [2.24, 2.45) is 0 Å². The Bertz CT molecular complexity index is 525. The highest BCUT2D eigenvalue weighted by molar-refractivity contribution is 5.91. The summed E-state index contributed by atoms with van der Waals surface area (Å²) in [5.41, 5.74) is 0.0213. The zero-order chi connectivity index (χ0) is 16.5. The number of carbonyl (C=O) groups excluding carboxylic acids is 2. The monoisotopic (exact) mass is 309 g/mol. The van der Waals surface area contributed by atoms with Crippen LogP contribution in [0.15, 0.2) is 24.3 Å². The molecule has 0 saturated heterocycles. The van der Waals surface area contributed by atoms with Gasteiger partial charge in [-0.25, -0.2) is 9.59 Å². The summed E-state index contributed by atoms with van der Waals surface area (Å²) in [5.74, 6) is -1.29. The first-order valence-electron chi connectivity index (χ1n) is 7.11. The van der Waals surface area contributed by atoms with E-state index in [4.69, 9.17) is 9.47 Å². The molecule has 1 rings (SSSR count). The Morgan fingerprint density at radius 1 is 1.23 bits per heavy atom. The van der Waals surface area contributed by atoms with Crippen LogP contribution >= 0.6 is 0 Å². The Morgan fingerprint density at radius 3 is 2.36 bits per heavy atom. The lowest BCUT2D eigenvalue weighted by atomic mass is 10.2. The van der Waals surface area contributed by atoms with Crippen molar-refractivity contribution in [1.82, 2.24) is 0 Å². The van der Waals surface area contributed by atoms with E-state index in [-0.39, 0.29) is 11.3 Å². The van der Waals surface area contributed by atoms with Crippen LogP contribution in [0.25, 0.3) is 0 Å². The molecule has 0 aliphatic carbocycles. The number of hydrogen-bond donors (Lipinski definition) is 0. The molecule has 120 valence electrons. The van der Waals surface area contributed by atoms with Crippen molar-refractivity contribution in [3.63, 3.8) is 0 Å². The Hall–Kier alpha value is -2.44. The minimum Gasteiger partial charge on any atom is -0.463 e. The fourth-order valence-electron chi connectivity index (χ4n) is 1.62. The highest BCUT2D eigenvalue weighted by Crippen LogP contribution is 2.14. The van der Waals surface area contributed by atoms with E-state index in [9.17, 15) is 19.7 Å². The predicted molar refractivity (Wildman–Crippen MR) is 78.5 cm³/mol. The molecular formula is C15H19NO6. The lowest BCUT2D eigenvalue weighted by molar-refractivity contribution is -0.384. The summed E-state index contributed by atoms with van der Waals surface area (Å²) in [4.78, 5) is 33.7. The number of esters is 2. The maximum absolute atomic E-state index is 11.9. The van der Waals surface area contributed by atoms with Crippen LogP contribution in [0.1, 0.15) is 43.5 Å². The summed E-state index contributed by atoms with van der Waals surface area (Å²) in [5, 5.41) is 10.5. The second-order valence-electron chi connectivity index (χ2n) is 4.63. The number of nitrogens with zero attached hydrogens (tertiary/aromatic N) is 1. The smallest absolute Gasteiger partial charge is 0.347 e. The van der Waals surface area contributed by atoms with Gasteiger partial charge in [-0.05, 0) is 25.0 Å². The van der Waals surface area contributed by atoms with Crippen LogP contribution in [-0.4, -0.2) is 29.6 Å². The van der Waals surface area contributed by atoms with Crippen molar-refractivity contribution in [1.29, 1.82) is 0 Å². The van der Waals surface area contributed by atoms with Gasteiger partial charge in [0.2, 0.25) is 0 Å². The van der Waals surface area contributed by atoms with Crippen LogP contribution in [-0.2, 0) is 14.3 Å². The molecule has 7 heteroatoms. The summed E-state index contributed by atoms with van der Waals surface area (Å²) in [6.07, 6.45) is 0.967. The number of unbranched alkanes of at least 4 members (excludes halogenated alkanes) is 1. The highest BCUT2D eigenvalue weighted by Gasteiger charge is 2.23. The zero-order valence-electron chi connectivity index (χ0n) is 12.6. The molecule has 0 aliphatic heterocycles. The normalized spacial score (nSPS) is 11.5. The van der Waals surface area contributed by atoms with Gasteiger partial charge in [0.05, 0.1) is 17.1 Å². The summed E-state index contributed by atoms with van der Waals surface area (Å²) in [6, 6.07) is 4.99. The quantitative estimate of drug-likeness (QED) is 0.317. The van der Waals surface area contributed by atoms with Gasteiger partial charge in [-0.15, -0.1) is 0 Å². The molecule has 7 nitrogen and oxygen atoms in total. The van der Waals surface area contributed by atoms with Gasteiger partial charge in [-0.3, -0.25) is 10.1 Å². The van der Waals surface area contributed by atoms with E-state index in [0.717, 1.165) is 12.8 Å². The molecule has 0 heterocycles. The number of nitro benzene ring substituents is 1. The van der Waals surface area contributed by atoms with Crippen molar-refractivity contribution in [2.75, 3.05) is 6.61 Å². The molecule has 0 N–H and O–H groups in total. The van der Waals surface area contributed by atoms with Crippen molar-refractivity contribution >= 4 is 17.6 Å². The van der Waals surface area contributed by atoms with E-state index in [1.807, 2.05) is 6.92 Å². The van der Waals surface area contributed by atoms with Gasteiger partial charge in [0, 0.05) is 12.1 Å². The first-order valence-corrected chi connectivity index (χ1v) is 7.11. The second-order valence-corrected chi connectivity index (χ2v) is 4.63. The zero-order valence-corrected chi connectivity index (χ0v) is 12.6. The fourth-order valence-corrected chi connectivity index (χ4v) is 1.62. The van der Waals surface area contributed by atoms with E-state index in [1.165, 1.54) is 24.3 Å². The molecule has 22 heavy (non-hydrogen) atoms. The first-order chi connectivity index (χ1) is 10.5. The van der Waals surface area contributed by atoms with Gasteiger partial charge in [-0.1, -0.05) is 20.3 Å². The molecular weight excluding hydrogens is 290 g/mol. The Morgan fingerprint density at radius 2 is 1.86 bits per heavy atom. The largest absolute Gasteiger partial charge is 0.463 e. The number of non-ortho nitro benzene ring substituents is 1. The first kappa shape index (κ1) is 17.6. The van der Waals surface area contributed by atoms with E-state index >= 15 is 0 Å². The maximum Gasteiger partial charge on any atom is 0.347 e. The number of nitro groups is 1. The molecule has 0 fully saturated rings. The molecule has 1 aromatic rings. The van der Waals surface area contributed by atoms with Crippen molar-refractivity contribution in [3.05, 3.63) is 39.9 Å². The molecule has 0 aliphatic rings. The third-order valence-corrected chi connectivity index (χ3v) is 2.94. The second kappa shape index (κ2) is 8.76. The minimum absolute atomic E-state index is 0.123. The average molecular weight is 309 g/mol. The lowest BCUT2D eigenvalue weighted by Gasteiger charge is -2.15. The Kier molecular flexibility index (Phi) is 7.01. The van der Waals surface area contributed by atoms with Crippen molar-refractivity contribution in [3.8, 4) is 0 Å². The number of benzene rings is 1. The number of hydrogen-bond acceptors (Lipinski definition) is 6. The summed E-state index contributed by atoms with van der Waals surface area (Å²) >= 11 is 0. The van der Waals surface area contributed by atoms with Gasteiger partial charge < -0.3 is 9.47 Å². The highest BCUT2D eigenvalue weighted by atomic mass is 16.6. The standard InChI is InChI=1S/C15H19NO6/c1-3-5-10-21-15(18)13(4-2)22-14(17)11-6-8-12(9-7-11)16(19)20/h6-9,13H,3-5,10H2,1-2H3/t13-/m0/s1. The molecule has 0 amide bonds. The number of rotatable bonds is 8. The minimum atomic E-state index is -0.973. The van der Waals surface area contributed by atoms with Crippen molar-refractivity contribution in [2.45, 2.75) is 39.2 Å². The van der Waals surface area contributed by atoms with Gasteiger partial charge in [0.15, 0.2) is 6.10 Å². The van der Waals surface area contributed by atoms with E-state index in [1.54, 1.807) is 6.92 Å². The predicted octanol–water partition coefficient (Wildman–Crippen LogP) is 2.87. The molecule has 0 saturated carbocycles. The Balaban J connectivity index is 2.64. The third-order valence-electron chi connectivity index (χ3n) is 2.94. The molecule has 0 radical (unpaired) electrons. The molecule has 0 bridgehead atoms. The Labute approximate surface area is 128 Å². The van der Waals surface area contributed by atoms with Gasteiger partial charge in [0.25, 0.3) is 5.69 Å². The average Bonchev–Trinajstić information content (AvgIpc) is 2.52. The molecule has 0 spiro atoms. The summed E-state index contributed by atoms with van der Waals surface area (Å²) in [7, 11) is 0. The maximum atomic E-state index is 11.9. The van der Waals surface area contributed by atoms with Gasteiger partial charge >= 0.3 is 11.9 Å². The van der Waals surface area contributed by atoms with Gasteiger partial charge in [-0.2, -0.15) is 0 Å². The van der Waals surface area contributed by atoms with Crippen LogP contribution in [0.5, 0.6) is 0 Å². The van der Waals surface area contributed by atoms with E-state index in [2.05, 4.69) is 0 Å². The SMILES string of the molecule is CCCCOC(=O)[C@H](CC)OC(=O)c1ccc([N+](=O)[O-])cc1. The number of carbonyl (C=O) groups is 2. The van der Waals surface area contributed by atoms with Crippen LogP contribution in [0, 0.1) is 10.1 Å². The third kappa shape index (κ3) is 5.16. The van der Waals surface area contributed by atoms with Crippen LogP contribution < -0.4 is 0 Å². The van der Waals surface area contributed by atoms with E-state index < -0.39 is 23.0 Å². The van der Waals surface area contributed by atoms with E-state index in [0.29, 0.717) is 13.0 Å². The molecule has 0 unspecified atom stereocenters. The summed E-state index contributed by atoms with van der Waals surface area (Å²) in [6.45, 7) is 3.97. The number of ether oxygens (including phenoxy) is 2. The van der Waals surface area contributed by atoms with Crippen LogP contribution in [0.2, 0.25) is 0 Å². The lowest BCUT2D eigenvalue weighted by Crippen LogP contribution is -2.29. The molecule has 1 aromatic carbocycles. The van der Waals surface area contributed by atoms with Gasteiger partial charge in [0.1, 0.15) is 0 Å². The van der Waals surface area contributed by atoms with Crippen molar-refractivity contribution < 1.29 is 24.0 Å². The molecule has 1 atom stereocenters. The topological polar surface area (TPSA) is 95.7 Å².